The molecular weight excluding hydrogens is 236 g/mol. The third-order valence-corrected chi connectivity index (χ3v) is 3.60. The van der Waals surface area contributed by atoms with Crippen molar-refractivity contribution in [2.75, 3.05) is 24.5 Å². The topological polar surface area (TPSA) is 41.0 Å². The fourth-order valence-electron chi connectivity index (χ4n) is 2.11. The zero-order valence-electron chi connectivity index (χ0n) is 12.8. The average molecular weight is 264 g/mol. The molecule has 0 aliphatic rings. The van der Waals surface area contributed by atoms with E-state index in [1.54, 1.807) is 0 Å². The monoisotopic (exact) mass is 264 g/mol. The Hall–Kier alpha value is -1.16. The van der Waals surface area contributed by atoms with E-state index in [0.29, 0.717) is 0 Å². The molecule has 4 nitrogen and oxygen atoms in total. The van der Waals surface area contributed by atoms with Gasteiger partial charge in [0.25, 0.3) is 0 Å². The zero-order valence-corrected chi connectivity index (χ0v) is 12.8. The minimum Gasteiger partial charge on any atom is -0.355 e. The zero-order chi connectivity index (χ0) is 14.1. The van der Waals surface area contributed by atoms with E-state index < -0.39 is 0 Å². The van der Waals surface area contributed by atoms with Gasteiger partial charge in [-0.05, 0) is 31.5 Å². The van der Waals surface area contributed by atoms with Crippen LogP contribution in [0.25, 0.3) is 0 Å². The summed E-state index contributed by atoms with van der Waals surface area (Å²) in [4.78, 5) is 2.32. The van der Waals surface area contributed by atoms with Crippen LogP contribution in [0, 0.1) is 5.92 Å². The van der Waals surface area contributed by atoms with Crippen LogP contribution in [0.2, 0.25) is 0 Å². The van der Waals surface area contributed by atoms with Gasteiger partial charge < -0.3 is 10.2 Å². The molecule has 19 heavy (non-hydrogen) atoms. The summed E-state index contributed by atoms with van der Waals surface area (Å²) in [5.41, 5.74) is 1.00. The van der Waals surface area contributed by atoms with Crippen molar-refractivity contribution >= 4 is 5.82 Å². The van der Waals surface area contributed by atoms with Crippen molar-refractivity contribution < 1.29 is 0 Å². The van der Waals surface area contributed by atoms with E-state index in [0.717, 1.165) is 43.6 Å². The number of nitrogens with one attached hydrogen (secondary N) is 1. The molecule has 1 aromatic rings. The standard InChI is InChI=1S/C15H28N4/c1-5-13(6-2)12-19(8-4)15-10-9-14(17-18-15)11-16-7-3/h9-10,13,16H,5-8,11-12H2,1-4H3. The van der Waals surface area contributed by atoms with Gasteiger partial charge in [0.2, 0.25) is 0 Å². The summed E-state index contributed by atoms with van der Waals surface area (Å²) in [6.45, 7) is 12.6. The first-order valence-corrected chi connectivity index (χ1v) is 7.53. The lowest BCUT2D eigenvalue weighted by molar-refractivity contribution is 0.483. The second kappa shape index (κ2) is 8.86. The van der Waals surface area contributed by atoms with Gasteiger partial charge in [-0.3, -0.25) is 0 Å². The van der Waals surface area contributed by atoms with Crippen molar-refractivity contribution in [3.63, 3.8) is 0 Å². The highest BCUT2D eigenvalue weighted by Crippen LogP contribution is 2.15. The van der Waals surface area contributed by atoms with Crippen molar-refractivity contribution in [1.82, 2.24) is 15.5 Å². The second-order valence-corrected chi connectivity index (χ2v) is 4.88. The molecule has 0 unspecified atom stereocenters. The van der Waals surface area contributed by atoms with Gasteiger partial charge in [-0.25, -0.2) is 0 Å². The summed E-state index contributed by atoms with van der Waals surface area (Å²) in [6, 6.07) is 4.16. The van der Waals surface area contributed by atoms with E-state index in [1.165, 1.54) is 12.8 Å². The van der Waals surface area contributed by atoms with Crippen LogP contribution in [0.5, 0.6) is 0 Å². The number of rotatable bonds is 9. The molecule has 108 valence electrons. The van der Waals surface area contributed by atoms with Crippen LogP contribution in [0.3, 0.4) is 0 Å². The number of hydrogen-bond acceptors (Lipinski definition) is 4. The van der Waals surface area contributed by atoms with E-state index in [2.05, 4.69) is 60.2 Å². The van der Waals surface area contributed by atoms with Gasteiger partial charge in [-0.2, -0.15) is 5.10 Å². The van der Waals surface area contributed by atoms with Gasteiger partial charge in [0, 0.05) is 19.6 Å². The number of hydrogen-bond donors (Lipinski definition) is 1. The molecule has 0 spiro atoms. The summed E-state index contributed by atoms with van der Waals surface area (Å²) in [6.07, 6.45) is 2.44. The largest absolute Gasteiger partial charge is 0.355 e. The Morgan fingerprint density at radius 2 is 1.84 bits per heavy atom. The first kappa shape index (κ1) is 15.9. The highest BCUT2D eigenvalue weighted by atomic mass is 15.3. The average Bonchev–Trinajstić information content (AvgIpc) is 2.47. The van der Waals surface area contributed by atoms with Crippen LogP contribution < -0.4 is 10.2 Å². The molecule has 0 aliphatic carbocycles. The molecule has 0 bridgehead atoms. The Kier molecular flexibility index (Phi) is 7.41. The van der Waals surface area contributed by atoms with Crippen molar-refractivity contribution in [1.29, 1.82) is 0 Å². The third-order valence-electron chi connectivity index (χ3n) is 3.60. The maximum Gasteiger partial charge on any atom is 0.151 e. The van der Waals surface area contributed by atoms with Gasteiger partial charge in [0.05, 0.1) is 5.69 Å². The predicted molar refractivity (Wildman–Crippen MR) is 81.4 cm³/mol. The molecular formula is C15H28N4. The Balaban J connectivity index is 2.65. The summed E-state index contributed by atoms with van der Waals surface area (Å²) in [7, 11) is 0. The first-order chi connectivity index (χ1) is 9.24. The molecule has 4 heteroatoms. The molecule has 0 aliphatic heterocycles. The molecule has 0 radical (unpaired) electrons. The van der Waals surface area contributed by atoms with Gasteiger partial charge in [-0.1, -0.05) is 33.6 Å². The maximum atomic E-state index is 4.36. The SMILES string of the molecule is CCNCc1ccc(N(CC)CC(CC)CC)nn1. The molecule has 1 rings (SSSR count). The van der Waals surface area contributed by atoms with E-state index >= 15 is 0 Å². The quantitative estimate of drug-likeness (QED) is 0.744. The van der Waals surface area contributed by atoms with Crippen molar-refractivity contribution in [3.05, 3.63) is 17.8 Å². The Labute approximate surface area is 117 Å². The number of anilines is 1. The lowest BCUT2D eigenvalue weighted by Gasteiger charge is -2.26. The van der Waals surface area contributed by atoms with Crippen molar-refractivity contribution in [2.24, 2.45) is 5.92 Å². The molecule has 0 fully saturated rings. The molecule has 1 N–H and O–H groups in total. The third kappa shape index (κ3) is 5.15. The molecule has 1 aromatic heterocycles. The van der Waals surface area contributed by atoms with E-state index in [4.69, 9.17) is 0 Å². The van der Waals surface area contributed by atoms with Gasteiger partial charge in [0.15, 0.2) is 5.82 Å². The number of aromatic nitrogens is 2. The van der Waals surface area contributed by atoms with Gasteiger partial charge >= 0.3 is 0 Å². The van der Waals surface area contributed by atoms with Crippen LogP contribution in [0.15, 0.2) is 12.1 Å². The van der Waals surface area contributed by atoms with E-state index in [1.807, 2.05) is 0 Å². The Morgan fingerprint density at radius 1 is 1.11 bits per heavy atom. The van der Waals surface area contributed by atoms with Gasteiger partial charge in [0.1, 0.15) is 0 Å². The smallest absolute Gasteiger partial charge is 0.151 e. The summed E-state index contributed by atoms with van der Waals surface area (Å²) in [5.74, 6) is 1.73. The summed E-state index contributed by atoms with van der Waals surface area (Å²) < 4.78 is 0. The Morgan fingerprint density at radius 3 is 2.32 bits per heavy atom. The molecule has 0 atom stereocenters. The minimum atomic E-state index is 0.739. The fraction of sp³-hybridized carbons (Fsp3) is 0.733. The van der Waals surface area contributed by atoms with Crippen LogP contribution in [0.4, 0.5) is 5.82 Å². The van der Waals surface area contributed by atoms with Crippen molar-refractivity contribution in [3.8, 4) is 0 Å². The van der Waals surface area contributed by atoms with Crippen molar-refractivity contribution in [2.45, 2.75) is 47.1 Å². The normalized spacial score (nSPS) is 11.0. The lowest BCUT2D eigenvalue weighted by Crippen LogP contribution is -2.30. The molecule has 0 aromatic carbocycles. The first-order valence-electron chi connectivity index (χ1n) is 7.53. The fourth-order valence-corrected chi connectivity index (χ4v) is 2.11. The second-order valence-electron chi connectivity index (χ2n) is 4.88. The molecule has 0 saturated carbocycles. The predicted octanol–water partition coefficient (Wildman–Crippen LogP) is 2.85. The number of nitrogens with zero attached hydrogens (tertiary/aromatic N) is 3. The highest BCUT2D eigenvalue weighted by molar-refractivity contribution is 5.37. The summed E-state index contributed by atoms with van der Waals surface area (Å²) >= 11 is 0. The maximum absolute atomic E-state index is 4.36. The van der Waals surface area contributed by atoms with Crippen LogP contribution in [-0.2, 0) is 6.54 Å². The minimum absolute atomic E-state index is 0.739. The van der Waals surface area contributed by atoms with Gasteiger partial charge in [-0.15, -0.1) is 5.10 Å². The Bertz CT molecular complexity index is 333. The van der Waals surface area contributed by atoms with Crippen LogP contribution in [-0.4, -0.2) is 29.8 Å². The lowest BCUT2D eigenvalue weighted by atomic mass is 10.0. The molecule has 1 heterocycles. The highest BCUT2D eigenvalue weighted by Gasteiger charge is 2.12. The molecule has 0 saturated heterocycles. The molecule has 0 amide bonds. The van der Waals surface area contributed by atoms with E-state index in [9.17, 15) is 0 Å². The van der Waals surface area contributed by atoms with E-state index in [-0.39, 0.29) is 0 Å². The van der Waals surface area contributed by atoms with Crippen LogP contribution in [0.1, 0.15) is 46.2 Å². The van der Waals surface area contributed by atoms with Crippen LogP contribution >= 0.6 is 0 Å². The summed E-state index contributed by atoms with van der Waals surface area (Å²) in [5, 5.41) is 11.9.